The maximum absolute atomic E-state index is 12.5. The Labute approximate surface area is 134 Å². The SMILES string of the molecule is CC1(c2nsc(NC(=O)N3CC[C@@H]4[C@@H](O)C(C)(C)[C@@H]43)n2)CC1. The van der Waals surface area contributed by atoms with Crippen molar-refractivity contribution >= 4 is 22.7 Å². The van der Waals surface area contributed by atoms with Crippen molar-refractivity contribution in [3.63, 3.8) is 0 Å². The summed E-state index contributed by atoms with van der Waals surface area (Å²) in [5, 5.41) is 13.6. The van der Waals surface area contributed by atoms with E-state index in [9.17, 15) is 9.90 Å². The Balaban J connectivity index is 1.46. The number of nitrogens with one attached hydrogen (secondary N) is 1. The second-order valence-electron chi connectivity index (χ2n) is 7.77. The number of anilines is 1. The van der Waals surface area contributed by atoms with Gasteiger partial charge in [-0.2, -0.15) is 4.37 Å². The van der Waals surface area contributed by atoms with Crippen LogP contribution in [-0.2, 0) is 5.41 Å². The van der Waals surface area contributed by atoms with Crippen LogP contribution >= 0.6 is 11.5 Å². The third kappa shape index (κ3) is 1.91. The number of carbonyl (C=O) groups excluding carboxylic acids is 1. The lowest BCUT2D eigenvalue weighted by molar-refractivity contribution is -0.134. The fraction of sp³-hybridized carbons (Fsp3) is 0.800. The molecule has 3 fully saturated rings. The smallest absolute Gasteiger partial charge is 0.323 e. The van der Waals surface area contributed by atoms with Crippen molar-refractivity contribution in [2.24, 2.45) is 11.3 Å². The Morgan fingerprint density at radius 3 is 2.82 bits per heavy atom. The third-order valence-electron chi connectivity index (χ3n) is 5.82. The van der Waals surface area contributed by atoms with E-state index in [0.29, 0.717) is 11.7 Å². The van der Waals surface area contributed by atoms with Gasteiger partial charge in [0.05, 0.1) is 6.10 Å². The minimum Gasteiger partial charge on any atom is -0.392 e. The number of carbonyl (C=O) groups is 1. The molecule has 3 aliphatic rings. The molecule has 6 nitrogen and oxygen atoms in total. The highest BCUT2D eigenvalue weighted by Crippen LogP contribution is 2.53. The number of aliphatic hydroxyl groups excluding tert-OH is 1. The molecule has 0 unspecified atom stereocenters. The molecule has 7 heteroatoms. The Bertz CT molecular complexity index is 625. The number of aromatic nitrogens is 2. The summed E-state index contributed by atoms with van der Waals surface area (Å²) in [4.78, 5) is 18.9. The predicted molar refractivity (Wildman–Crippen MR) is 83.9 cm³/mol. The molecule has 120 valence electrons. The zero-order chi connectivity index (χ0) is 15.7. The summed E-state index contributed by atoms with van der Waals surface area (Å²) in [6.07, 6.45) is 2.82. The van der Waals surface area contributed by atoms with Gasteiger partial charge in [-0.05, 0) is 19.3 Å². The summed E-state index contributed by atoms with van der Waals surface area (Å²) in [7, 11) is 0. The number of hydrogen-bond acceptors (Lipinski definition) is 5. The van der Waals surface area contributed by atoms with Gasteiger partial charge in [-0.25, -0.2) is 9.78 Å². The van der Waals surface area contributed by atoms with Crippen molar-refractivity contribution in [3.8, 4) is 0 Å². The van der Waals surface area contributed by atoms with E-state index in [1.54, 1.807) is 0 Å². The van der Waals surface area contributed by atoms with Gasteiger partial charge < -0.3 is 10.0 Å². The Morgan fingerprint density at radius 1 is 1.41 bits per heavy atom. The predicted octanol–water partition coefficient (Wildman–Crippen LogP) is 2.21. The highest BCUT2D eigenvalue weighted by Gasteiger charge is 2.61. The van der Waals surface area contributed by atoms with Crippen LogP contribution in [0.4, 0.5) is 9.93 Å². The highest BCUT2D eigenvalue weighted by molar-refractivity contribution is 7.09. The third-order valence-corrected chi connectivity index (χ3v) is 6.45. The van der Waals surface area contributed by atoms with Gasteiger partial charge in [0.15, 0.2) is 5.82 Å². The van der Waals surface area contributed by atoms with E-state index < -0.39 is 0 Å². The maximum Gasteiger partial charge on any atom is 0.323 e. The number of nitrogens with zero attached hydrogens (tertiary/aromatic N) is 3. The zero-order valence-electron chi connectivity index (χ0n) is 13.2. The number of aliphatic hydroxyl groups is 1. The van der Waals surface area contributed by atoms with Crippen LogP contribution in [0, 0.1) is 11.3 Å². The van der Waals surface area contributed by atoms with Crippen LogP contribution in [0.25, 0.3) is 0 Å². The highest BCUT2D eigenvalue weighted by atomic mass is 32.1. The van der Waals surface area contributed by atoms with E-state index in [0.717, 1.165) is 25.1 Å². The molecule has 1 aliphatic heterocycles. The van der Waals surface area contributed by atoms with Crippen LogP contribution in [0.1, 0.15) is 45.9 Å². The lowest BCUT2D eigenvalue weighted by Gasteiger charge is -2.55. The number of amides is 2. The molecule has 0 radical (unpaired) electrons. The van der Waals surface area contributed by atoms with Crippen LogP contribution in [0.15, 0.2) is 0 Å². The van der Waals surface area contributed by atoms with E-state index in [-0.39, 0.29) is 34.9 Å². The molecule has 0 bridgehead atoms. The number of urea groups is 1. The van der Waals surface area contributed by atoms with Crippen LogP contribution in [0.5, 0.6) is 0 Å². The molecule has 1 aromatic rings. The van der Waals surface area contributed by atoms with E-state index >= 15 is 0 Å². The van der Waals surface area contributed by atoms with Crippen molar-refractivity contribution in [2.45, 2.75) is 57.6 Å². The van der Waals surface area contributed by atoms with Gasteiger partial charge in [0.1, 0.15) is 0 Å². The van der Waals surface area contributed by atoms with Crippen molar-refractivity contribution in [2.75, 3.05) is 11.9 Å². The number of likely N-dealkylation sites (tertiary alicyclic amines) is 1. The van der Waals surface area contributed by atoms with Gasteiger partial charge >= 0.3 is 6.03 Å². The van der Waals surface area contributed by atoms with Crippen LogP contribution in [0.3, 0.4) is 0 Å². The second kappa shape index (κ2) is 4.41. The number of fused-ring (bicyclic) bond motifs is 1. The summed E-state index contributed by atoms with van der Waals surface area (Å²) < 4.78 is 4.38. The first-order chi connectivity index (χ1) is 10.3. The summed E-state index contributed by atoms with van der Waals surface area (Å²) in [6, 6.07) is 0.00645. The largest absolute Gasteiger partial charge is 0.392 e. The van der Waals surface area contributed by atoms with E-state index in [2.05, 4.69) is 21.6 Å². The Morgan fingerprint density at radius 2 is 2.14 bits per heavy atom. The van der Waals surface area contributed by atoms with Gasteiger partial charge in [-0.3, -0.25) is 5.32 Å². The quantitative estimate of drug-likeness (QED) is 0.875. The van der Waals surface area contributed by atoms with Crippen molar-refractivity contribution in [1.29, 1.82) is 0 Å². The molecule has 0 aromatic carbocycles. The maximum atomic E-state index is 12.5. The Kier molecular flexibility index (Phi) is 2.89. The second-order valence-corrected chi connectivity index (χ2v) is 8.52. The van der Waals surface area contributed by atoms with Crippen LogP contribution in [-0.4, -0.2) is 44.1 Å². The average molecular weight is 322 g/mol. The minimum atomic E-state index is -0.307. The lowest BCUT2D eigenvalue weighted by Crippen LogP contribution is -2.65. The zero-order valence-corrected chi connectivity index (χ0v) is 14.0. The van der Waals surface area contributed by atoms with Gasteiger partial charge in [0, 0.05) is 40.9 Å². The Hall–Kier alpha value is -1.21. The lowest BCUT2D eigenvalue weighted by atomic mass is 9.58. The van der Waals surface area contributed by atoms with Gasteiger partial charge in [0.25, 0.3) is 0 Å². The summed E-state index contributed by atoms with van der Waals surface area (Å²) >= 11 is 1.25. The molecule has 1 aromatic heterocycles. The normalized spacial score (nSPS) is 34.0. The van der Waals surface area contributed by atoms with Crippen LogP contribution < -0.4 is 5.32 Å². The fourth-order valence-corrected chi connectivity index (χ4v) is 4.72. The first-order valence-corrected chi connectivity index (χ1v) is 8.70. The first-order valence-electron chi connectivity index (χ1n) is 7.93. The molecule has 3 atom stereocenters. The molecule has 2 saturated carbocycles. The van der Waals surface area contributed by atoms with Crippen LogP contribution in [0.2, 0.25) is 0 Å². The monoisotopic (exact) mass is 322 g/mol. The molecule has 4 rings (SSSR count). The number of rotatable bonds is 2. The molecule has 0 spiro atoms. The van der Waals surface area contributed by atoms with E-state index in [4.69, 9.17) is 0 Å². The number of hydrogen-bond donors (Lipinski definition) is 2. The van der Waals surface area contributed by atoms with Crippen molar-refractivity contribution < 1.29 is 9.90 Å². The van der Waals surface area contributed by atoms with Gasteiger partial charge in [-0.15, -0.1) is 0 Å². The summed E-state index contributed by atoms with van der Waals surface area (Å²) in [5.74, 6) is 1.07. The first kappa shape index (κ1) is 14.4. The van der Waals surface area contributed by atoms with Gasteiger partial charge in [0.2, 0.25) is 5.13 Å². The summed E-state index contributed by atoms with van der Waals surface area (Å²) in [5.41, 5.74) is -0.107. The van der Waals surface area contributed by atoms with Gasteiger partial charge in [-0.1, -0.05) is 20.8 Å². The molecule has 2 N–H and O–H groups in total. The molecule has 2 heterocycles. The minimum absolute atomic E-state index is 0.115. The topological polar surface area (TPSA) is 78.4 Å². The average Bonchev–Trinajstić information content (AvgIpc) is 2.95. The summed E-state index contributed by atoms with van der Waals surface area (Å²) in [6.45, 7) is 6.91. The molecule has 2 aliphatic carbocycles. The molecule has 22 heavy (non-hydrogen) atoms. The van der Waals surface area contributed by atoms with Crippen molar-refractivity contribution in [3.05, 3.63) is 5.82 Å². The molecule has 1 saturated heterocycles. The van der Waals surface area contributed by atoms with Crippen molar-refractivity contribution in [1.82, 2.24) is 14.3 Å². The fourth-order valence-electron chi connectivity index (χ4n) is 4.03. The van der Waals surface area contributed by atoms with E-state index in [1.165, 1.54) is 11.5 Å². The molecular weight excluding hydrogens is 300 g/mol. The standard InChI is InChI=1S/C15H22N4O2S/c1-14(2)9-8(10(14)20)4-7-19(9)13(21)17-12-16-11(18-22-12)15(3)5-6-15/h8-10,20H,4-7H2,1-3H3,(H,16,17,18,21)/t8-,9+,10+/m0/s1. The molecule has 2 amide bonds. The molecular formula is C15H22N4O2S. The van der Waals surface area contributed by atoms with E-state index in [1.807, 2.05) is 18.7 Å².